The molecular weight excluding hydrogens is 356 g/mol. The Bertz CT molecular complexity index is 1010. The quantitative estimate of drug-likeness (QED) is 0.557. The van der Waals surface area contributed by atoms with Gasteiger partial charge in [-0.05, 0) is 48.5 Å². The minimum atomic E-state index is -1.03. The summed E-state index contributed by atoms with van der Waals surface area (Å²) in [6, 6.07) is 16.8. The van der Waals surface area contributed by atoms with Gasteiger partial charge in [-0.3, -0.25) is 9.59 Å². The van der Waals surface area contributed by atoms with E-state index in [1.807, 2.05) is 48.5 Å². The van der Waals surface area contributed by atoms with Crippen LogP contribution in [-0.4, -0.2) is 28.8 Å². The molecule has 6 nitrogen and oxygen atoms in total. The van der Waals surface area contributed by atoms with E-state index in [9.17, 15) is 9.59 Å². The number of carboxylic acids is 1. The van der Waals surface area contributed by atoms with E-state index < -0.39 is 5.97 Å². The normalized spacial score (nSPS) is 10.9. The molecule has 1 aromatic heterocycles. The number of hydrogen-bond acceptors (Lipinski definition) is 4. The van der Waals surface area contributed by atoms with E-state index in [0.29, 0.717) is 25.4 Å². The number of carbonyl (C=O) groups is 1. The second-order valence-electron chi connectivity index (χ2n) is 6.68. The van der Waals surface area contributed by atoms with Crippen molar-refractivity contribution in [2.24, 2.45) is 5.73 Å². The van der Waals surface area contributed by atoms with Crippen molar-refractivity contribution < 1.29 is 14.6 Å². The largest absolute Gasteiger partial charge is 0.494 e. The van der Waals surface area contributed by atoms with E-state index in [0.717, 1.165) is 29.3 Å². The molecule has 0 atom stereocenters. The number of aliphatic carboxylic acids is 1. The van der Waals surface area contributed by atoms with Gasteiger partial charge in [0.05, 0.1) is 25.1 Å². The van der Waals surface area contributed by atoms with Crippen molar-refractivity contribution in [3.8, 4) is 5.75 Å². The van der Waals surface area contributed by atoms with Gasteiger partial charge in [-0.25, -0.2) is 0 Å². The lowest BCUT2D eigenvalue weighted by molar-refractivity contribution is -0.136. The maximum absolute atomic E-state index is 13.0. The summed E-state index contributed by atoms with van der Waals surface area (Å²) in [6.45, 7) is 1.55. The summed E-state index contributed by atoms with van der Waals surface area (Å²) in [5.74, 6) is -0.348. The number of carboxylic acid groups (broad SMARTS) is 1. The summed E-state index contributed by atoms with van der Waals surface area (Å²) in [5, 5.41) is 9.96. The standard InChI is InChI=1S/C22H24N2O4/c23-10-4-5-11-28-19-9-8-17-12-18(13-21(25)26)22(27)24(20(17)14-19)15-16-6-2-1-3-7-16/h1-3,6-9,12,14H,4-5,10-11,13,15,23H2,(H,25,26). The third-order valence-corrected chi connectivity index (χ3v) is 4.53. The summed E-state index contributed by atoms with van der Waals surface area (Å²) in [4.78, 5) is 24.2. The van der Waals surface area contributed by atoms with Crippen LogP contribution in [0, 0.1) is 0 Å². The van der Waals surface area contributed by atoms with Crippen LogP contribution >= 0.6 is 0 Å². The third-order valence-electron chi connectivity index (χ3n) is 4.53. The molecule has 0 amide bonds. The zero-order chi connectivity index (χ0) is 19.9. The Morgan fingerprint density at radius 2 is 1.86 bits per heavy atom. The number of aromatic nitrogens is 1. The van der Waals surface area contributed by atoms with Gasteiger partial charge >= 0.3 is 5.97 Å². The maximum atomic E-state index is 13.0. The van der Waals surface area contributed by atoms with Crippen LogP contribution in [0.2, 0.25) is 0 Å². The molecule has 2 aromatic carbocycles. The molecule has 28 heavy (non-hydrogen) atoms. The van der Waals surface area contributed by atoms with E-state index in [-0.39, 0.29) is 17.5 Å². The van der Waals surface area contributed by atoms with Crippen LogP contribution in [0.5, 0.6) is 5.75 Å². The van der Waals surface area contributed by atoms with E-state index >= 15 is 0 Å². The number of fused-ring (bicyclic) bond motifs is 1. The molecule has 0 radical (unpaired) electrons. The van der Waals surface area contributed by atoms with Gasteiger partial charge < -0.3 is 20.1 Å². The van der Waals surface area contributed by atoms with Crippen molar-refractivity contribution in [1.29, 1.82) is 0 Å². The Morgan fingerprint density at radius 1 is 1.07 bits per heavy atom. The number of rotatable bonds is 9. The van der Waals surface area contributed by atoms with Gasteiger partial charge in [0.1, 0.15) is 5.75 Å². The number of benzene rings is 2. The van der Waals surface area contributed by atoms with Crippen LogP contribution < -0.4 is 16.0 Å². The van der Waals surface area contributed by atoms with Gasteiger partial charge in [0.2, 0.25) is 0 Å². The lowest BCUT2D eigenvalue weighted by atomic mass is 10.1. The highest BCUT2D eigenvalue weighted by Gasteiger charge is 2.13. The number of nitrogens with two attached hydrogens (primary N) is 1. The molecule has 0 aliphatic carbocycles. The number of nitrogens with zero attached hydrogens (tertiary/aromatic N) is 1. The second-order valence-corrected chi connectivity index (χ2v) is 6.68. The number of ether oxygens (including phenoxy) is 1. The Kier molecular flexibility index (Phi) is 6.45. The molecule has 6 heteroatoms. The first kappa shape index (κ1) is 19.6. The van der Waals surface area contributed by atoms with Crippen LogP contribution in [0.15, 0.2) is 59.4 Å². The molecule has 1 heterocycles. The van der Waals surface area contributed by atoms with Gasteiger partial charge in [0.25, 0.3) is 5.56 Å². The average Bonchev–Trinajstić information content (AvgIpc) is 2.69. The fraction of sp³-hybridized carbons (Fsp3) is 0.273. The molecular formula is C22H24N2O4. The fourth-order valence-electron chi connectivity index (χ4n) is 3.15. The maximum Gasteiger partial charge on any atom is 0.308 e. The van der Waals surface area contributed by atoms with Crippen LogP contribution in [0.1, 0.15) is 24.0 Å². The Morgan fingerprint density at radius 3 is 2.57 bits per heavy atom. The summed E-state index contributed by atoms with van der Waals surface area (Å²) in [6.07, 6.45) is 1.45. The summed E-state index contributed by atoms with van der Waals surface area (Å²) >= 11 is 0. The first-order chi connectivity index (χ1) is 13.6. The van der Waals surface area contributed by atoms with Crippen LogP contribution in [-0.2, 0) is 17.8 Å². The van der Waals surface area contributed by atoms with Crippen molar-refractivity contribution in [2.45, 2.75) is 25.8 Å². The Balaban J connectivity index is 2.03. The molecule has 0 unspecified atom stereocenters. The van der Waals surface area contributed by atoms with Crippen LogP contribution in [0.3, 0.4) is 0 Å². The van der Waals surface area contributed by atoms with Gasteiger partial charge in [-0.15, -0.1) is 0 Å². The van der Waals surface area contributed by atoms with E-state index in [1.165, 1.54) is 0 Å². The smallest absolute Gasteiger partial charge is 0.308 e. The van der Waals surface area contributed by atoms with Crippen molar-refractivity contribution in [2.75, 3.05) is 13.2 Å². The molecule has 3 rings (SSSR count). The Labute approximate surface area is 163 Å². The van der Waals surface area contributed by atoms with E-state index in [4.69, 9.17) is 15.6 Å². The first-order valence-corrected chi connectivity index (χ1v) is 9.33. The SMILES string of the molecule is NCCCCOc1ccc2cc(CC(=O)O)c(=O)n(Cc3ccccc3)c2c1. The molecule has 3 N–H and O–H groups in total. The van der Waals surface area contributed by atoms with Crippen molar-refractivity contribution in [3.05, 3.63) is 76.1 Å². The van der Waals surface area contributed by atoms with E-state index in [1.54, 1.807) is 10.6 Å². The lowest BCUT2D eigenvalue weighted by Crippen LogP contribution is -2.26. The van der Waals surface area contributed by atoms with Crippen molar-refractivity contribution >= 4 is 16.9 Å². The lowest BCUT2D eigenvalue weighted by Gasteiger charge is -2.14. The zero-order valence-corrected chi connectivity index (χ0v) is 15.6. The van der Waals surface area contributed by atoms with Gasteiger partial charge in [-0.1, -0.05) is 30.3 Å². The van der Waals surface area contributed by atoms with Crippen LogP contribution in [0.4, 0.5) is 0 Å². The molecule has 0 bridgehead atoms. The molecule has 0 saturated heterocycles. The van der Waals surface area contributed by atoms with Gasteiger partial charge in [0.15, 0.2) is 0 Å². The molecule has 3 aromatic rings. The molecule has 0 aliphatic heterocycles. The molecule has 0 aliphatic rings. The van der Waals surface area contributed by atoms with Crippen molar-refractivity contribution in [3.63, 3.8) is 0 Å². The highest BCUT2D eigenvalue weighted by molar-refractivity contribution is 5.82. The topological polar surface area (TPSA) is 94.6 Å². The fourth-order valence-corrected chi connectivity index (χ4v) is 3.15. The number of unbranched alkanes of at least 4 members (excludes halogenated alkanes) is 1. The van der Waals surface area contributed by atoms with Gasteiger partial charge in [-0.2, -0.15) is 0 Å². The predicted octanol–water partition coefficient (Wildman–Crippen LogP) is 2.79. The third kappa shape index (κ3) is 4.78. The molecule has 0 spiro atoms. The average molecular weight is 380 g/mol. The van der Waals surface area contributed by atoms with Crippen LogP contribution in [0.25, 0.3) is 10.9 Å². The van der Waals surface area contributed by atoms with Crippen molar-refractivity contribution in [1.82, 2.24) is 4.57 Å². The second kappa shape index (κ2) is 9.19. The summed E-state index contributed by atoms with van der Waals surface area (Å²) in [7, 11) is 0. The molecule has 0 saturated carbocycles. The molecule has 0 fully saturated rings. The van der Waals surface area contributed by atoms with E-state index in [2.05, 4.69) is 0 Å². The number of hydrogen-bond donors (Lipinski definition) is 2. The first-order valence-electron chi connectivity index (χ1n) is 9.33. The highest BCUT2D eigenvalue weighted by Crippen LogP contribution is 2.22. The zero-order valence-electron chi connectivity index (χ0n) is 15.6. The monoisotopic (exact) mass is 380 g/mol. The Hall–Kier alpha value is -3.12. The molecule has 146 valence electrons. The number of pyridine rings is 1. The minimum Gasteiger partial charge on any atom is -0.494 e. The minimum absolute atomic E-state index is 0.271. The highest BCUT2D eigenvalue weighted by atomic mass is 16.5. The van der Waals surface area contributed by atoms with Gasteiger partial charge in [0, 0.05) is 11.6 Å². The summed E-state index contributed by atoms with van der Waals surface area (Å²) < 4.78 is 7.41. The summed E-state index contributed by atoms with van der Waals surface area (Å²) in [5.41, 5.74) is 7.17. The predicted molar refractivity (Wildman–Crippen MR) is 109 cm³/mol.